The Morgan fingerprint density at radius 2 is 1.78 bits per heavy atom. The first kappa shape index (κ1) is 13.9. The molecule has 0 radical (unpaired) electrons. The summed E-state index contributed by atoms with van der Waals surface area (Å²) in [5.74, 6) is 0. The minimum absolute atomic E-state index is 0.140. The van der Waals surface area contributed by atoms with Gasteiger partial charge >= 0.3 is 0 Å². The van der Waals surface area contributed by atoms with Gasteiger partial charge in [-0.25, -0.2) is 0 Å². The second-order valence-corrected chi connectivity index (χ2v) is 5.66. The monoisotopic (exact) mass is 307 g/mol. The number of nitro benzene ring substituents is 1. The van der Waals surface area contributed by atoms with Gasteiger partial charge in [-0.05, 0) is 33.9 Å². The fourth-order valence-corrected chi connectivity index (χ4v) is 3.30. The van der Waals surface area contributed by atoms with Crippen LogP contribution in [0.1, 0.15) is 17.2 Å². The van der Waals surface area contributed by atoms with Crippen LogP contribution in [0.25, 0.3) is 27.6 Å². The molecule has 0 amide bonds. The number of aliphatic hydroxyl groups excluding tert-OH is 2. The molecule has 3 aromatic rings. The lowest BCUT2D eigenvalue weighted by molar-refractivity contribution is -0.384. The van der Waals surface area contributed by atoms with Gasteiger partial charge in [0.1, 0.15) is 12.2 Å². The summed E-state index contributed by atoms with van der Waals surface area (Å²) in [5.41, 5.74) is 0.602. The molecule has 4 rings (SSSR count). The van der Waals surface area contributed by atoms with Gasteiger partial charge in [-0.2, -0.15) is 0 Å². The summed E-state index contributed by atoms with van der Waals surface area (Å²) >= 11 is 0. The van der Waals surface area contributed by atoms with Gasteiger partial charge in [0.15, 0.2) is 0 Å². The lowest BCUT2D eigenvalue weighted by Gasteiger charge is -2.22. The van der Waals surface area contributed by atoms with Gasteiger partial charge in [-0.15, -0.1) is 0 Å². The molecule has 0 saturated carbocycles. The topological polar surface area (TPSA) is 83.6 Å². The van der Waals surface area contributed by atoms with E-state index in [1.165, 1.54) is 6.08 Å². The maximum Gasteiger partial charge on any atom is 0.283 e. The van der Waals surface area contributed by atoms with Gasteiger partial charge < -0.3 is 10.2 Å². The molecule has 0 aliphatic heterocycles. The van der Waals surface area contributed by atoms with Crippen LogP contribution < -0.4 is 0 Å². The predicted molar refractivity (Wildman–Crippen MR) is 88.1 cm³/mol. The second kappa shape index (κ2) is 4.87. The Morgan fingerprint density at radius 3 is 2.57 bits per heavy atom. The first-order chi connectivity index (χ1) is 11.1. The molecular weight excluding hydrogens is 294 g/mol. The molecule has 1 aliphatic rings. The van der Waals surface area contributed by atoms with Crippen LogP contribution in [0.5, 0.6) is 0 Å². The number of rotatable bonds is 1. The summed E-state index contributed by atoms with van der Waals surface area (Å²) < 4.78 is 0. The van der Waals surface area contributed by atoms with E-state index in [2.05, 4.69) is 0 Å². The standard InChI is InChI=1S/C18H13NO4/c20-15-8-6-11-9-14-12-4-2-1-3-10(12)5-7-13(14)17(19(22)23)16(11)18(15)21/h1-9,15,18,20-21H. The van der Waals surface area contributed by atoms with Crippen molar-refractivity contribution in [1.82, 2.24) is 0 Å². The zero-order chi connectivity index (χ0) is 16.1. The highest BCUT2D eigenvalue weighted by atomic mass is 16.6. The van der Waals surface area contributed by atoms with Gasteiger partial charge in [0.2, 0.25) is 0 Å². The van der Waals surface area contributed by atoms with E-state index in [-0.39, 0.29) is 11.3 Å². The van der Waals surface area contributed by atoms with Crippen molar-refractivity contribution in [3.8, 4) is 0 Å². The highest BCUT2D eigenvalue weighted by Crippen LogP contribution is 2.42. The summed E-state index contributed by atoms with van der Waals surface area (Å²) in [7, 11) is 0. The van der Waals surface area contributed by atoms with E-state index in [1.54, 1.807) is 12.1 Å². The van der Waals surface area contributed by atoms with E-state index in [0.717, 1.165) is 16.2 Å². The fraction of sp³-hybridized carbons (Fsp3) is 0.111. The minimum Gasteiger partial charge on any atom is -0.386 e. The van der Waals surface area contributed by atoms with Crippen LogP contribution in [0.15, 0.2) is 48.5 Å². The molecule has 0 saturated heterocycles. The summed E-state index contributed by atoms with van der Waals surface area (Å²) in [6.45, 7) is 0. The van der Waals surface area contributed by atoms with Gasteiger partial charge in [0.25, 0.3) is 5.69 Å². The van der Waals surface area contributed by atoms with Crippen molar-refractivity contribution in [1.29, 1.82) is 0 Å². The van der Waals surface area contributed by atoms with Crippen molar-refractivity contribution in [3.05, 3.63) is 69.8 Å². The largest absolute Gasteiger partial charge is 0.386 e. The molecule has 3 aromatic carbocycles. The molecule has 1 aliphatic carbocycles. The molecule has 0 spiro atoms. The van der Waals surface area contributed by atoms with Crippen molar-refractivity contribution >= 4 is 33.3 Å². The van der Waals surface area contributed by atoms with E-state index in [1.807, 2.05) is 36.4 Å². The predicted octanol–water partition coefficient (Wildman–Crippen LogP) is 3.32. The van der Waals surface area contributed by atoms with Crippen LogP contribution in [0.2, 0.25) is 0 Å². The molecule has 23 heavy (non-hydrogen) atoms. The Bertz CT molecular complexity index is 993. The van der Waals surface area contributed by atoms with Crippen LogP contribution in [-0.4, -0.2) is 21.2 Å². The molecule has 5 heteroatoms. The minimum atomic E-state index is -1.30. The van der Waals surface area contributed by atoms with Gasteiger partial charge in [-0.1, -0.05) is 42.5 Å². The molecular formula is C18H13NO4. The Morgan fingerprint density at radius 1 is 1.00 bits per heavy atom. The van der Waals surface area contributed by atoms with Crippen LogP contribution in [0, 0.1) is 10.1 Å². The van der Waals surface area contributed by atoms with Crippen LogP contribution >= 0.6 is 0 Å². The van der Waals surface area contributed by atoms with E-state index >= 15 is 0 Å². The SMILES string of the molecule is O=[N+]([O-])c1c2c(cc3c1ccc1ccccc13)C=CC(O)C2O. The number of aliphatic hydroxyl groups is 2. The number of nitro groups is 1. The zero-order valence-electron chi connectivity index (χ0n) is 12.0. The third kappa shape index (κ3) is 1.94. The van der Waals surface area contributed by atoms with Crippen LogP contribution in [0.4, 0.5) is 5.69 Å². The maximum absolute atomic E-state index is 11.7. The molecule has 2 atom stereocenters. The maximum atomic E-state index is 11.7. The third-order valence-corrected chi connectivity index (χ3v) is 4.37. The van der Waals surface area contributed by atoms with E-state index in [4.69, 9.17) is 0 Å². The molecule has 0 bridgehead atoms. The number of benzene rings is 3. The van der Waals surface area contributed by atoms with Crippen molar-refractivity contribution in [2.24, 2.45) is 0 Å². The number of nitrogens with zero attached hydrogens (tertiary/aromatic N) is 1. The Balaban J connectivity index is 2.21. The molecule has 0 heterocycles. The average molecular weight is 307 g/mol. The molecule has 5 nitrogen and oxygen atoms in total. The van der Waals surface area contributed by atoms with Gasteiger partial charge in [0, 0.05) is 0 Å². The fourth-order valence-electron chi connectivity index (χ4n) is 3.30. The number of hydrogen-bond donors (Lipinski definition) is 2. The normalized spacial score (nSPS) is 19.9. The Hall–Kier alpha value is -2.76. The van der Waals surface area contributed by atoms with E-state index in [0.29, 0.717) is 10.9 Å². The van der Waals surface area contributed by atoms with Gasteiger partial charge in [0.05, 0.1) is 15.9 Å². The van der Waals surface area contributed by atoms with Crippen LogP contribution in [0.3, 0.4) is 0 Å². The summed E-state index contributed by atoms with van der Waals surface area (Å²) in [6, 6.07) is 13.1. The number of fused-ring (bicyclic) bond motifs is 4. The average Bonchev–Trinajstić information content (AvgIpc) is 2.56. The van der Waals surface area contributed by atoms with Gasteiger partial charge in [-0.3, -0.25) is 10.1 Å². The molecule has 2 unspecified atom stereocenters. The second-order valence-electron chi connectivity index (χ2n) is 5.66. The molecule has 0 aromatic heterocycles. The lowest BCUT2D eigenvalue weighted by atomic mass is 9.87. The van der Waals surface area contributed by atoms with E-state index < -0.39 is 17.1 Å². The Kier molecular flexibility index (Phi) is 2.94. The van der Waals surface area contributed by atoms with Crippen molar-refractivity contribution < 1.29 is 15.1 Å². The van der Waals surface area contributed by atoms with Crippen LogP contribution in [-0.2, 0) is 0 Å². The molecule has 114 valence electrons. The third-order valence-electron chi connectivity index (χ3n) is 4.37. The van der Waals surface area contributed by atoms with Crippen molar-refractivity contribution in [2.75, 3.05) is 0 Å². The number of hydrogen-bond acceptors (Lipinski definition) is 4. The van der Waals surface area contributed by atoms with Crippen molar-refractivity contribution in [3.63, 3.8) is 0 Å². The molecule has 0 fully saturated rings. The molecule has 2 N–H and O–H groups in total. The summed E-state index contributed by atoms with van der Waals surface area (Å²) in [6.07, 6.45) is 0.639. The Labute approximate surface area is 131 Å². The lowest BCUT2D eigenvalue weighted by Crippen LogP contribution is -2.20. The summed E-state index contributed by atoms with van der Waals surface area (Å²) in [4.78, 5) is 11.2. The van der Waals surface area contributed by atoms with Crippen molar-refractivity contribution in [2.45, 2.75) is 12.2 Å². The zero-order valence-corrected chi connectivity index (χ0v) is 12.0. The first-order valence-corrected chi connectivity index (χ1v) is 7.25. The summed E-state index contributed by atoms with van der Waals surface area (Å²) in [5, 5.41) is 34.9. The first-order valence-electron chi connectivity index (χ1n) is 7.25. The quantitative estimate of drug-likeness (QED) is 0.410. The highest BCUT2D eigenvalue weighted by molar-refractivity contribution is 6.11. The smallest absolute Gasteiger partial charge is 0.283 e. The van der Waals surface area contributed by atoms with E-state index in [9.17, 15) is 20.3 Å². The highest BCUT2D eigenvalue weighted by Gasteiger charge is 2.32.